The van der Waals surface area contributed by atoms with Crippen LogP contribution in [-0.4, -0.2) is 49.3 Å². The second-order valence-electron chi connectivity index (χ2n) is 6.39. The van der Waals surface area contributed by atoms with E-state index < -0.39 is 0 Å². The third-order valence-electron chi connectivity index (χ3n) is 5.37. The van der Waals surface area contributed by atoms with Gasteiger partial charge in [0.05, 0.1) is 6.61 Å². The molecule has 18 heavy (non-hydrogen) atoms. The Morgan fingerprint density at radius 2 is 1.94 bits per heavy atom. The predicted octanol–water partition coefficient (Wildman–Crippen LogP) is 2.27. The maximum Gasteiger partial charge on any atom is 0.0589 e. The highest BCUT2D eigenvalue weighted by Gasteiger charge is 2.49. The number of ether oxygens (including phenoxy) is 1. The molecule has 2 aliphatic rings. The molecule has 1 unspecified atom stereocenters. The SMILES string of the molecule is CCC1(CC)CNC(C)(C2CC2)CN1CCOC. The van der Waals surface area contributed by atoms with Gasteiger partial charge in [-0.15, -0.1) is 0 Å². The number of hydrogen-bond donors (Lipinski definition) is 1. The zero-order valence-electron chi connectivity index (χ0n) is 12.6. The van der Waals surface area contributed by atoms with Crippen LogP contribution in [-0.2, 0) is 4.74 Å². The summed E-state index contributed by atoms with van der Waals surface area (Å²) in [6.45, 7) is 11.3. The van der Waals surface area contributed by atoms with Crippen LogP contribution in [0.2, 0.25) is 0 Å². The van der Waals surface area contributed by atoms with Gasteiger partial charge in [0.15, 0.2) is 0 Å². The quantitative estimate of drug-likeness (QED) is 0.787. The molecule has 0 bridgehead atoms. The van der Waals surface area contributed by atoms with Crippen molar-refractivity contribution in [2.75, 3.05) is 33.4 Å². The van der Waals surface area contributed by atoms with Crippen molar-refractivity contribution < 1.29 is 4.74 Å². The van der Waals surface area contributed by atoms with Crippen LogP contribution in [0.25, 0.3) is 0 Å². The van der Waals surface area contributed by atoms with Crippen molar-refractivity contribution in [2.24, 2.45) is 5.92 Å². The summed E-state index contributed by atoms with van der Waals surface area (Å²) in [4.78, 5) is 2.70. The Morgan fingerprint density at radius 1 is 1.28 bits per heavy atom. The van der Waals surface area contributed by atoms with Gasteiger partial charge in [-0.05, 0) is 38.5 Å². The Balaban J connectivity index is 2.09. The van der Waals surface area contributed by atoms with Gasteiger partial charge in [-0.25, -0.2) is 0 Å². The zero-order chi connectivity index (χ0) is 13.2. The summed E-state index contributed by atoms with van der Waals surface area (Å²) in [7, 11) is 1.81. The minimum atomic E-state index is 0.335. The lowest BCUT2D eigenvalue weighted by atomic mass is 9.81. The van der Waals surface area contributed by atoms with E-state index in [9.17, 15) is 0 Å². The molecule has 0 amide bonds. The molecule has 0 spiro atoms. The molecule has 3 nitrogen and oxygen atoms in total. The van der Waals surface area contributed by atoms with Crippen LogP contribution in [0.5, 0.6) is 0 Å². The summed E-state index contributed by atoms with van der Waals surface area (Å²) >= 11 is 0. The summed E-state index contributed by atoms with van der Waals surface area (Å²) in [5.41, 5.74) is 0.675. The Hall–Kier alpha value is -0.120. The fraction of sp³-hybridized carbons (Fsp3) is 1.00. The van der Waals surface area contributed by atoms with Crippen molar-refractivity contribution in [3.63, 3.8) is 0 Å². The first kappa shape index (κ1) is 14.3. The standard InChI is InChI=1S/C15H30N2O/c1-5-15(6-2)11-16-14(3,13-7-8-13)12-17(15)9-10-18-4/h13,16H,5-12H2,1-4H3. The van der Waals surface area contributed by atoms with Crippen LogP contribution in [0.4, 0.5) is 0 Å². The van der Waals surface area contributed by atoms with Gasteiger partial charge in [-0.3, -0.25) is 4.90 Å². The topological polar surface area (TPSA) is 24.5 Å². The third-order valence-corrected chi connectivity index (χ3v) is 5.37. The summed E-state index contributed by atoms with van der Waals surface area (Å²) in [6, 6.07) is 0. The molecule has 1 aliphatic heterocycles. The molecule has 106 valence electrons. The average molecular weight is 254 g/mol. The monoisotopic (exact) mass is 254 g/mol. The Kier molecular flexibility index (Phi) is 4.35. The molecule has 0 radical (unpaired) electrons. The predicted molar refractivity (Wildman–Crippen MR) is 75.9 cm³/mol. The van der Waals surface area contributed by atoms with Crippen LogP contribution < -0.4 is 5.32 Å². The van der Waals surface area contributed by atoms with Crippen LogP contribution in [0.3, 0.4) is 0 Å². The summed E-state index contributed by atoms with van der Waals surface area (Å²) in [5, 5.41) is 3.87. The number of piperazine rings is 1. The minimum absolute atomic E-state index is 0.335. The zero-order valence-corrected chi connectivity index (χ0v) is 12.6. The van der Waals surface area contributed by atoms with Gasteiger partial charge in [-0.1, -0.05) is 13.8 Å². The smallest absolute Gasteiger partial charge is 0.0589 e. The van der Waals surface area contributed by atoms with Crippen molar-refractivity contribution in [1.82, 2.24) is 10.2 Å². The second kappa shape index (κ2) is 5.48. The number of nitrogens with zero attached hydrogens (tertiary/aromatic N) is 1. The van der Waals surface area contributed by atoms with Crippen LogP contribution in [0.1, 0.15) is 46.5 Å². The molecule has 1 N–H and O–H groups in total. The van der Waals surface area contributed by atoms with E-state index in [0.29, 0.717) is 11.1 Å². The van der Waals surface area contributed by atoms with Gasteiger partial charge >= 0.3 is 0 Å². The molecule has 1 aliphatic carbocycles. The van der Waals surface area contributed by atoms with Gasteiger partial charge in [-0.2, -0.15) is 0 Å². The number of hydrogen-bond acceptors (Lipinski definition) is 3. The summed E-state index contributed by atoms with van der Waals surface area (Å²) < 4.78 is 5.31. The van der Waals surface area contributed by atoms with Gasteiger partial charge in [0, 0.05) is 37.8 Å². The lowest BCUT2D eigenvalue weighted by Gasteiger charge is -2.54. The molecule has 2 fully saturated rings. The van der Waals surface area contributed by atoms with E-state index in [0.717, 1.165) is 25.6 Å². The lowest BCUT2D eigenvalue weighted by Crippen LogP contribution is -2.70. The lowest BCUT2D eigenvalue weighted by molar-refractivity contribution is -0.0170. The van der Waals surface area contributed by atoms with E-state index in [1.54, 1.807) is 0 Å². The largest absolute Gasteiger partial charge is 0.383 e. The van der Waals surface area contributed by atoms with Crippen molar-refractivity contribution in [2.45, 2.75) is 57.5 Å². The molecule has 0 aromatic heterocycles. The van der Waals surface area contributed by atoms with E-state index in [4.69, 9.17) is 4.74 Å². The highest BCUT2D eigenvalue weighted by atomic mass is 16.5. The van der Waals surface area contributed by atoms with E-state index >= 15 is 0 Å². The van der Waals surface area contributed by atoms with Crippen LogP contribution in [0, 0.1) is 5.92 Å². The van der Waals surface area contributed by atoms with Crippen molar-refractivity contribution in [1.29, 1.82) is 0 Å². The fourth-order valence-corrected chi connectivity index (χ4v) is 3.56. The molecule has 1 saturated carbocycles. The Morgan fingerprint density at radius 3 is 2.44 bits per heavy atom. The second-order valence-corrected chi connectivity index (χ2v) is 6.39. The molecule has 1 heterocycles. The first-order chi connectivity index (χ1) is 8.60. The van der Waals surface area contributed by atoms with E-state index in [2.05, 4.69) is 31.0 Å². The summed E-state index contributed by atoms with van der Waals surface area (Å²) in [6.07, 6.45) is 5.27. The minimum Gasteiger partial charge on any atom is -0.383 e. The molecule has 1 saturated heterocycles. The van der Waals surface area contributed by atoms with Crippen molar-refractivity contribution in [3.05, 3.63) is 0 Å². The molecular formula is C15H30N2O. The van der Waals surface area contributed by atoms with Crippen molar-refractivity contribution in [3.8, 4) is 0 Å². The number of methoxy groups -OCH3 is 1. The molecule has 2 rings (SSSR count). The van der Waals surface area contributed by atoms with Gasteiger partial charge < -0.3 is 10.1 Å². The van der Waals surface area contributed by atoms with Crippen LogP contribution >= 0.6 is 0 Å². The Bertz CT molecular complexity index is 274. The first-order valence-corrected chi connectivity index (χ1v) is 7.59. The molecule has 1 atom stereocenters. The third kappa shape index (κ3) is 2.59. The van der Waals surface area contributed by atoms with E-state index in [1.807, 2.05) is 7.11 Å². The molecular weight excluding hydrogens is 224 g/mol. The van der Waals surface area contributed by atoms with E-state index in [-0.39, 0.29) is 0 Å². The normalized spacial score (nSPS) is 32.7. The summed E-state index contributed by atoms with van der Waals surface area (Å²) in [5.74, 6) is 0.897. The van der Waals surface area contributed by atoms with Gasteiger partial charge in [0.25, 0.3) is 0 Å². The fourth-order valence-electron chi connectivity index (χ4n) is 3.56. The van der Waals surface area contributed by atoms with Crippen molar-refractivity contribution >= 4 is 0 Å². The maximum absolute atomic E-state index is 5.31. The number of rotatable bonds is 6. The average Bonchev–Trinajstić information content (AvgIpc) is 3.22. The van der Waals surface area contributed by atoms with E-state index in [1.165, 1.54) is 32.2 Å². The molecule has 0 aromatic rings. The van der Waals surface area contributed by atoms with Gasteiger partial charge in [0.2, 0.25) is 0 Å². The molecule has 0 aromatic carbocycles. The number of nitrogens with one attached hydrogen (secondary N) is 1. The maximum atomic E-state index is 5.31. The Labute approximate surface area is 112 Å². The van der Waals surface area contributed by atoms with Crippen LogP contribution in [0.15, 0.2) is 0 Å². The highest BCUT2D eigenvalue weighted by Crippen LogP contribution is 2.43. The molecule has 3 heteroatoms. The van der Waals surface area contributed by atoms with Gasteiger partial charge in [0.1, 0.15) is 0 Å². The first-order valence-electron chi connectivity index (χ1n) is 7.59. The highest BCUT2D eigenvalue weighted by molar-refractivity contribution is 5.08.